The smallest absolute Gasteiger partial charge is 0.185 e. The van der Waals surface area contributed by atoms with E-state index in [9.17, 15) is 9.90 Å². The lowest BCUT2D eigenvalue weighted by Crippen LogP contribution is -1.97. The Morgan fingerprint density at radius 1 is 1.29 bits per heavy atom. The summed E-state index contributed by atoms with van der Waals surface area (Å²) in [6.45, 7) is 0.479. The minimum atomic E-state index is -0.220. The van der Waals surface area contributed by atoms with Crippen molar-refractivity contribution in [2.45, 2.75) is 13.0 Å². The number of benzene rings is 2. The minimum Gasteiger partial charge on any atom is -0.504 e. The Morgan fingerprint density at radius 2 is 2.07 bits per heavy atom. The molecule has 0 radical (unpaired) electrons. The van der Waals surface area contributed by atoms with Crippen LogP contribution in [0.3, 0.4) is 0 Å². The first-order valence-corrected chi connectivity index (χ1v) is 8.71. The maximum absolute atomic E-state index is 12.5. The maximum Gasteiger partial charge on any atom is 0.185 e. The van der Waals surface area contributed by atoms with Crippen molar-refractivity contribution in [3.05, 3.63) is 71.9 Å². The van der Waals surface area contributed by atoms with E-state index in [2.05, 4.69) is 11.2 Å². The molecule has 0 unspecified atom stereocenters. The number of carbonyl (C=O) groups excluding carboxylic acids is 1. The summed E-state index contributed by atoms with van der Waals surface area (Å²) in [4.78, 5) is 12.5. The lowest BCUT2D eigenvalue weighted by molar-refractivity contribution is 0.104. The molecule has 28 heavy (non-hydrogen) atoms. The number of hydrogen-bond donors (Lipinski definition) is 1. The standard InChI is InChI=1S/C22H19N3O3/c1-28-21-14-17(8-11-20(21)27)19(26)10-9-18-15-25(13-5-12-23)24-22(18)16-6-3-2-4-7-16/h2-4,6-11,14-15,27H,5,13H2,1H3/b10-9+. The predicted octanol–water partition coefficient (Wildman–Crippen LogP) is 4.07. The molecule has 0 aliphatic heterocycles. The summed E-state index contributed by atoms with van der Waals surface area (Å²) in [5.74, 6) is 0.00352. The number of nitriles is 1. The summed E-state index contributed by atoms with van der Waals surface area (Å²) in [5.41, 5.74) is 2.86. The van der Waals surface area contributed by atoms with E-state index < -0.39 is 0 Å². The number of aryl methyl sites for hydroxylation is 1. The number of rotatable bonds is 7. The summed E-state index contributed by atoms with van der Waals surface area (Å²) in [6, 6.07) is 16.2. The largest absolute Gasteiger partial charge is 0.504 e. The average molecular weight is 373 g/mol. The molecule has 6 nitrogen and oxygen atoms in total. The van der Waals surface area contributed by atoms with Crippen LogP contribution in [-0.4, -0.2) is 27.8 Å². The van der Waals surface area contributed by atoms with Crippen LogP contribution in [0.1, 0.15) is 22.3 Å². The molecule has 0 aliphatic carbocycles. The number of methoxy groups -OCH3 is 1. The number of ether oxygens (including phenoxy) is 1. The van der Waals surface area contributed by atoms with Gasteiger partial charge in [0, 0.05) is 22.9 Å². The van der Waals surface area contributed by atoms with E-state index in [1.54, 1.807) is 16.8 Å². The molecule has 0 atom stereocenters. The van der Waals surface area contributed by atoms with Crippen LogP contribution in [0.15, 0.2) is 60.8 Å². The fraction of sp³-hybridized carbons (Fsp3) is 0.136. The molecule has 0 bridgehead atoms. The molecule has 0 saturated carbocycles. The Kier molecular flexibility index (Phi) is 5.87. The first-order valence-electron chi connectivity index (χ1n) is 8.71. The molecule has 0 saturated heterocycles. The Balaban J connectivity index is 1.91. The number of phenols is 1. The number of ketones is 1. The molecule has 2 aromatic carbocycles. The molecule has 0 amide bonds. The normalized spacial score (nSPS) is 10.7. The molecule has 3 aromatic rings. The van der Waals surface area contributed by atoms with Gasteiger partial charge in [0.2, 0.25) is 0 Å². The third kappa shape index (κ3) is 4.27. The lowest BCUT2D eigenvalue weighted by Gasteiger charge is -2.04. The van der Waals surface area contributed by atoms with Gasteiger partial charge in [0.1, 0.15) is 0 Å². The van der Waals surface area contributed by atoms with E-state index in [0.29, 0.717) is 18.5 Å². The topological polar surface area (TPSA) is 88.1 Å². The highest BCUT2D eigenvalue weighted by Gasteiger charge is 2.11. The number of carbonyl (C=O) groups is 1. The average Bonchev–Trinajstić information content (AvgIpc) is 3.14. The Bertz CT molecular complexity index is 1050. The highest BCUT2D eigenvalue weighted by molar-refractivity contribution is 6.07. The zero-order chi connectivity index (χ0) is 19.9. The van der Waals surface area contributed by atoms with Crippen molar-refractivity contribution in [2.75, 3.05) is 7.11 Å². The highest BCUT2D eigenvalue weighted by atomic mass is 16.5. The van der Waals surface area contributed by atoms with E-state index in [0.717, 1.165) is 16.8 Å². The van der Waals surface area contributed by atoms with Gasteiger partial charge in [0.25, 0.3) is 0 Å². The number of aromatic nitrogens is 2. The number of phenolic OH excluding ortho intramolecular Hbond substituents is 1. The number of aromatic hydroxyl groups is 1. The van der Waals surface area contributed by atoms with E-state index >= 15 is 0 Å². The van der Waals surface area contributed by atoms with Crippen LogP contribution in [-0.2, 0) is 6.54 Å². The number of hydrogen-bond acceptors (Lipinski definition) is 5. The van der Waals surface area contributed by atoms with E-state index in [4.69, 9.17) is 10.00 Å². The zero-order valence-electron chi connectivity index (χ0n) is 15.4. The summed E-state index contributed by atoms with van der Waals surface area (Å²) in [5, 5.41) is 23.0. The van der Waals surface area contributed by atoms with Gasteiger partial charge in [-0.25, -0.2) is 0 Å². The molecular formula is C22H19N3O3. The third-order valence-electron chi connectivity index (χ3n) is 4.17. The van der Waals surface area contributed by atoms with E-state index in [1.165, 1.54) is 25.3 Å². The summed E-state index contributed by atoms with van der Waals surface area (Å²) in [6.07, 6.45) is 5.34. The van der Waals surface area contributed by atoms with Crippen molar-refractivity contribution in [3.8, 4) is 28.8 Å². The van der Waals surface area contributed by atoms with Crippen molar-refractivity contribution < 1.29 is 14.6 Å². The fourth-order valence-electron chi connectivity index (χ4n) is 2.75. The monoisotopic (exact) mass is 373 g/mol. The van der Waals surface area contributed by atoms with Gasteiger partial charge in [0.15, 0.2) is 17.3 Å². The van der Waals surface area contributed by atoms with Crippen molar-refractivity contribution in [3.63, 3.8) is 0 Å². The van der Waals surface area contributed by atoms with Crippen LogP contribution >= 0.6 is 0 Å². The molecule has 0 spiro atoms. The van der Waals surface area contributed by atoms with Gasteiger partial charge in [-0.15, -0.1) is 0 Å². The molecule has 140 valence electrons. The number of allylic oxidation sites excluding steroid dienone is 1. The molecule has 1 N–H and O–H groups in total. The van der Waals surface area contributed by atoms with E-state index in [-0.39, 0.29) is 17.3 Å². The molecule has 0 fully saturated rings. The summed E-state index contributed by atoms with van der Waals surface area (Å²) < 4.78 is 6.76. The predicted molar refractivity (Wildman–Crippen MR) is 106 cm³/mol. The summed E-state index contributed by atoms with van der Waals surface area (Å²) >= 11 is 0. The van der Waals surface area contributed by atoms with Gasteiger partial charge in [-0.3, -0.25) is 9.48 Å². The van der Waals surface area contributed by atoms with Gasteiger partial charge in [-0.1, -0.05) is 30.3 Å². The minimum absolute atomic E-state index is 0.0202. The number of nitrogens with zero attached hydrogens (tertiary/aromatic N) is 3. The molecule has 0 aliphatic rings. The van der Waals surface area contributed by atoms with Gasteiger partial charge in [-0.05, 0) is 30.4 Å². The Labute approximate surface area is 162 Å². The van der Waals surface area contributed by atoms with Gasteiger partial charge in [0.05, 0.1) is 31.8 Å². The molecule has 1 aromatic heterocycles. The second kappa shape index (κ2) is 8.69. The van der Waals surface area contributed by atoms with Gasteiger partial charge in [-0.2, -0.15) is 10.4 Å². The van der Waals surface area contributed by atoms with Crippen LogP contribution < -0.4 is 4.74 Å². The Morgan fingerprint density at radius 3 is 2.79 bits per heavy atom. The highest BCUT2D eigenvalue weighted by Crippen LogP contribution is 2.27. The third-order valence-corrected chi connectivity index (χ3v) is 4.17. The van der Waals surface area contributed by atoms with Crippen LogP contribution in [0.4, 0.5) is 0 Å². The van der Waals surface area contributed by atoms with E-state index in [1.807, 2.05) is 36.5 Å². The van der Waals surface area contributed by atoms with Crippen molar-refractivity contribution in [1.82, 2.24) is 9.78 Å². The van der Waals surface area contributed by atoms with Crippen LogP contribution in [0, 0.1) is 11.3 Å². The molecular weight excluding hydrogens is 354 g/mol. The molecule has 6 heteroatoms. The van der Waals surface area contributed by atoms with Gasteiger partial charge < -0.3 is 9.84 Å². The van der Waals surface area contributed by atoms with Crippen molar-refractivity contribution >= 4 is 11.9 Å². The quantitative estimate of drug-likeness (QED) is 0.498. The van der Waals surface area contributed by atoms with Gasteiger partial charge >= 0.3 is 0 Å². The molecule has 3 rings (SSSR count). The molecule has 1 heterocycles. The maximum atomic E-state index is 12.5. The zero-order valence-corrected chi connectivity index (χ0v) is 15.4. The fourth-order valence-corrected chi connectivity index (χ4v) is 2.75. The Hall–Kier alpha value is -3.85. The summed E-state index contributed by atoms with van der Waals surface area (Å²) in [7, 11) is 1.43. The lowest BCUT2D eigenvalue weighted by atomic mass is 10.1. The second-order valence-electron chi connectivity index (χ2n) is 6.05. The van der Waals surface area contributed by atoms with Crippen LogP contribution in [0.25, 0.3) is 17.3 Å². The first-order chi connectivity index (χ1) is 13.6. The SMILES string of the molecule is COc1cc(C(=O)/C=C/c2cn(CCC#N)nc2-c2ccccc2)ccc1O. The van der Waals surface area contributed by atoms with Crippen molar-refractivity contribution in [1.29, 1.82) is 5.26 Å². The van der Waals surface area contributed by atoms with Crippen LogP contribution in [0.5, 0.6) is 11.5 Å². The first kappa shape index (κ1) is 18.9. The van der Waals surface area contributed by atoms with Crippen molar-refractivity contribution in [2.24, 2.45) is 0 Å². The van der Waals surface area contributed by atoms with Crippen LogP contribution in [0.2, 0.25) is 0 Å². The second-order valence-corrected chi connectivity index (χ2v) is 6.05.